The van der Waals surface area contributed by atoms with E-state index in [-0.39, 0.29) is 37.5 Å². The van der Waals surface area contributed by atoms with Gasteiger partial charge >= 0.3 is 17.9 Å². The first kappa shape index (κ1) is 68.1. The van der Waals surface area contributed by atoms with Gasteiger partial charge < -0.3 is 14.2 Å². The quantitative estimate of drug-likeness (QED) is 0.0261. The van der Waals surface area contributed by atoms with E-state index in [4.69, 9.17) is 14.2 Å². The van der Waals surface area contributed by atoms with Crippen LogP contribution >= 0.6 is 0 Å². The van der Waals surface area contributed by atoms with Crippen LogP contribution in [0.25, 0.3) is 0 Å². The summed E-state index contributed by atoms with van der Waals surface area (Å²) in [5.41, 5.74) is 0. The van der Waals surface area contributed by atoms with E-state index in [1.165, 1.54) is 122 Å². The average molecular weight is 1000 g/mol. The normalized spacial score (nSPS) is 12.9. The molecule has 72 heavy (non-hydrogen) atoms. The summed E-state index contributed by atoms with van der Waals surface area (Å²) in [6.07, 6.45) is 80.9. The molecule has 0 saturated carbocycles. The maximum absolute atomic E-state index is 12.9. The van der Waals surface area contributed by atoms with E-state index in [1.807, 2.05) is 0 Å². The Hall–Kier alpha value is -3.93. The Kier molecular flexibility index (Phi) is 56.4. The predicted octanol–water partition coefficient (Wildman–Crippen LogP) is 20.3. The van der Waals surface area contributed by atoms with Crippen molar-refractivity contribution in [2.24, 2.45) is 0 Å². The summed E-state index contributed by atoms with van der Waals surface area (Å²) in [5, 5.41) is 0. The Morgan fingerprint density at radius 3 is 0.931 bits per heavy atom. The van der Waals surface area contributed by atoms with Crippen molar-refractivity contribution in [3.05, 3.63) is 109 Å². The molecule has 1 unspecified atom stereocenters. The highest BCUT2D eigenvalue weighted by molar-refractivity contribution is 5.71. The molecular weight excluding hydrogens is 889 g/mol. The molecule has 0 N–H and O–H groups in total. The molecular formula is C66H110O6. The maximum Gasteiger partial charge on any atom is 0.306 e. The third kappa shape index (κ3) is 57.0. The van der Waals surface area contributed by atoms with E-state index >= 15 is 0 Å². The van der Waals surface area contributed by atoms with Gasteiger partial charge in [0.15, 0.2) is 6.10 Å². The molecule has 0 aliphatic carbocycles. The number of unbranched alkanes of at least 4 members (excludes halogenated alkanes) is 24. The molecule has 0 spiro atoms. The van der Waals surface area contributed by atoms with E-state index in [2.05, 4.69) is 130 Å². The lowest BCUT2D eigenvalue weighted by molar-refractivity contribution is -0.167. The Balaban J connectivity index is 4.52. The van der Waals surface area contributed by atoms with Crippen molar-refractivity contribution in [3.63, 3.8) is 0 Å². The summed E-state index contributed by atoms with van der Waals surface area (Å²) in [5.74, 6) is -0.992. The summed E-state index contributed by atoms with van der Waals surface area (Å²) in [6, 6.07) is 0. The molecule has 0 fully saturated rings. The van der Waals surface area contributed by atoms with Gasteiger partial charge in [-0.3, -0.25) is 14.4 Å². The molecule has 0 aromatic carbocycles. The fourth-order valence-corrected chi connectivity index (χ4v) is 8.05. The fraction of sp³-hybridized carbons (Fsp3) is 0.682. The molecule has 0 heterocycles. The molecule has 0 amide bonds. The lowest BCUT2D eigenvalue weighted by atomic mass is 10.0. The lowest BCUT2D eigenvalue weighted by Crippen LogP contribution is -2.30. The SMILES string of the molecule is CC/C=C\C/C=C\C/C=C\C/C=C\C/C=C\CCCCCC(=O)OCC(COC(=O)CCC/C=C\C/C=C\C/C=C\C/C=C\CCCCC)OC(=O)CCCCCCCCCCCCCCCCCCCC. The van der Waals surface area contributed by atoms with Gasteiger partial charge in [0.2, 0.25) is 0 Å². The molecule has 1 atom stereocenters. The van der Waals surface area contributed by atoms with Crippen LogP contribution in [0.4, 0.5) is 0 Å². The summed E-state index contributed by atoms with van der Waals surface area (Å²) >= 11 is 0. The molecule has 0 aromatic rings. The van der Waals surface area contributed by atoms with E-state index in [0.717, 1.165) is 103 Å². The molecule has 6 heteroatoms. The summed E-state index contributed by atoms with van der Waals surface area (Å²) < 4.78 is 16.8. The van der Waals surface area contributed by atoms with Crippen LogP contribution in [0.3, 0.4) is 0 Å². The minimum absolute atomic E-state index is 0.112. The second kappa shape index (κ2) is 59.6. The zero-order valence-electron chi connectivity index (χ0n) is 46.9. The Labute approximate surface area is 444 Å². The molecule has 6 nitrogen and oxygen atoms in total. The predicted molar refractivity (Wildman–Crippen MR) is 311 cm³/mol. The van der Waals surface area contributed by atoms with Crippen LogP contribution < -0.4 is 0 Å². The second-order valence-electron chi connectivity index (χ2n) is 19.5. The maximum atomic E-state index is 12.9. The molecule has 0 aliphatic rings. The first-order valence-electron chi connectivity index (χ1n) is 29.9. The zero-order chi connectivity index (χ0) is 52.2. The van der Waals surface area contributed by atoms with Crippen molar-refractivity contribution in [2.45, 2.75) is 277 Å². The van der Waals surface area contributed by atoms with Crippen LogP contribution in [0.2, 0.25) is 0 Å². The third-order valence-electron chi connectivity index (χ3n) is 12.5. The van der Waals surface area contributed by atoms with Crippen LogP contribution in [0, 0.1) is 0 Å². The number of carbonyl (C=O) groups excluding carboxylic acids is 3. The standard InChI is InChI=1S/C66H110O6/c1-4-7-10-13-16-19-22-25-28-31-33-36-38-41-44-47-50-53-56-59-65(68)71-62-63(61-70-64(67)58-55-52-49-46-43-40-37-34-30-27-24-21-18-15-12-9-6-3)72-66(69)60-57-54-51-48-45-42-39-35-32-29-26-23-20-17-14-11-8-5-2/h7,10,16,18-19,21,25,27-28,30,33,36-37,40-41,44,46,49,63H,4-6,8-9,11-15,17,20,22-24,26,29,31-32,34-35,38-39,42-43,45,47-48,50-62H2,1-3H3/b10-7-,19-16-,21-18-,28-25-,30-27-,36-33-,40-37-,44-41-,49-46-. The van der Waals surface area contributed by atoms with Crippen LogP contribution in [-0.2, 0) is 28.6 Å². The summed E-state index contributed by atoms with van der Waals surface area (Å²) in [4.78, 5) is 38.2. The Morgan fingerprint density at radius 1 is 0.292 bits per heavy atom. The first-order valence-corrected chi connectivity index (χ1v) is 29.9. The lowest BCUT2D eigenvalue weighted by Gasteiger charge is -2.18. The molecule has 0 radical (unpaired) electrons. The number of hydrogen-bond acceptors (Lipinski definition) is 6. The van der Waals surface area contributed by atoms with Crippen molar-refractivity contribution in [1.29, 1.82) is 0 Å². The van der Waals surface area contributed by atoms with Crippen LogP contribution in [0.1, 0.15) is 271 Å². The molecule has 0 rings (SSSR count). The second-order valence-corrected chi connectivity index (χ2v) is 19.5. The van der Waals surface area contributed by atoms with Gasteiger partial charge in [0, 0.05) is 19.3 Å². The highest BCUT2D eigenvalue weighted by Gasteiger charge is 2.19. The van der Waals surface area contributed by atoms with Gasteiger partial charge in [0.25, 0.3) is 0 Å². The number of carbonyl (C=O) groups is 3. The minimum Gasteiger partial charge on any atom is -0.462 e. The van der Waals surface area contributed by atoms with Gasteiger partial charge in [-0.2, -0.15) is 0 Å². The van der Waals surface area contributed by atoms with E-state index in [1.54, 1.807) is 0 Å². The first-order chi connectivity index (χ1) is 35.5. The van der Waals surface area contributed by atoms with Gasteiger partial charge in [0.05, 0.1) is 0 Å². The van der Waals surface area contributed by atoms with E-state index < -0.39 is 6.10 Å². The van der Waals surface area contributed by atoms with Crippen LogP contribution in [0.5, 0.6) is 0 Å². The van der Waals surface area contributed by atoms with Gasteiger partial charge in [0.1, 0.15) is 13.2 Å². The summed E-state index contributed by atoms with van der Waals surface area (Å²) in [6.45, 7) is 6.44. The number of ether oxygens (including phenoxy) is 3. The van der Waals surface area contributed by atoms with Crippen molar-refractivity contribution < 1.29 is 28.6 Å². The number of rotatable bonds is 53. The average Bonchev–Trinajstić information content (AvgIpc) is 3.38. The van der Waals surface area contributed by atoms with Gasteiger partial charge in [-0.15, -0.1) is 0 Å². The van der Waals surface area contributed by atoms with E-state index in [9.17, 15) is 14.4 Å². The van der Waals surface area contributed by atoms with E-state index in [0.29, 0.717) is 19.3 Å². The molecule has 0 aromatic heterocycles. The smallest absolute Gasteiger partial charge is 0.306 e. The highest BCUT2D eigenvalue weighted by atomic mass is 16.6. The van der Waals surface area contributed by atoms with Crippen molar-refractivity contribution in [2.75, 3.05) is 13.2 Å². The third-order valence-corrected chi connectivity index (χ3v) is 12.5. The van der Waals surface area contributed by atoms with Crippen LogP contribution in [0.15, 0.2) is 109 Å². The van der Waals surface area contributed by atoms with Gasteiger partial charge in [-0.05, 0) is 103 Å². The molecule has 0 aliphatic heterocycles. The molecule has 0 saturated heterocycles. The number of hydrogen-bond donors (Lipinski definition) is 0. The largest absolute Gasteiger partial charge is 0.462 e. The van der Waals surface area contributed by atoms with Crippen LogP contribution in [-0.4, -0.2) is 37.2 Å². The van der Waals surface area contributed by atoms with Crippen molar-refractivity contribution in [3.8, 4) is 0 Å². The topological polar surface area (TPSA) is 78.9 Å². The van der Waals surface area contributed by atoms with Gasteiger partial charge in [-0.25, -0.2) is 0 Å². The molecule has 0 bridgehead atoms. The number of esters is 3. The van der Waals surface area contributed by atoms with Crippen molar-refractivity contribution >= 4 is 17.9 Å². The number of allylic oxidation sites excluding steroid dienone is 18. The zero-order valence-corrected chi connectivity index (χ0v) is 46.9. The Bertz CT molecular complexity index is 1470. The Morgan fingerprint density at radius 2 is 0.556 bits per heavy atom. The fourth-order valence-electron chi connectivity index (χ4n) is 8.05. The highest BCUT2D eigenvalue weighted by Crippen LogP contribution is 2.16. The summed E-state index contributed by atoms with van der Waals surface area (Å²) in [7, 11) is 0. The minimum atomic E-state index is -0.815. The molecule has 410 valence electrons. The van der Waals surface area contributed by atoms with Gasteiger partial charge in [-0.1, -0.05) is 259 Å². The monoisotopic (exact) mass is 999 g/mol. The van der Waals surface area contributed by atoms with Crippen molar-refractivity contribution in [1.82, 2.24) is 0 Å².